The van der Waals surface area contributed by atoms with Crippen molar-refractivity contribution in [2.45, 2.75) is 22.6 Å². The summed E-state index contributed by atoms with van der Waals surface area (Å²) in [5.74, 6) is 0. The topological polar surface area (TPSA) is 40.5 Å². The monoisotopic (exact) mass is 330 g/mol. The van der Waals surface area contributed by atoms with Crippen LogP contribution in [-0.2, 0) is 0 Å². The lowest BCUT2D eigenvalue weighted by molar-refractivity contribution is -0.0328. The molecule has 0 amide bonds. The van der Waals surface area contributed by atoms with Gasteiger partial charge in [0, 0.05) is 10.2 Å². The Morgan fingerprint density at radius 2 is 1.71 bits per heavy atom. The summed E-state index contributed by atoms with van der Waals surface area (Å²) in [4.78, 5) is 0.0433. The van der Waals surface area contributed by atoms with Gasteiger partial charge in [-0.15, -0.1) is 0 Å². The number of alkyl halides is 4. The van der Waals surface area contributed by atoms with Crippen LogP contribution in [0.4, 0.5) is 13.2 Å². The van der Waals surface area contributed by atoms with Gasteiger partial charge in [-0.05, 0) is 29.5 Å². The van der Waals surface area contributed by atoms with Gasteiger partial charge in [-0.25, -0.2) is 0 Å². The molecule has 0 aromatic heterocycles. The van der Waals surface area contributed by atoms with Gasteiger partial charge >= 0.3 is 5.51 Å². The molecule has 1 aromatic rings. The van der Waals surface area contributed by atoms with Crippen LogP contribution in [0, 0.1) is 0 Å². The number of halogens is 4. The molecule has 0 fully saturated rings. The molecule has 0 bridgehead atoms. The van der Waals surface area contributed by atoms with Crippen molar-refractivity contribution in [1.82, 2.24) is 0 Å². The predicted molar refractivity (Wildman–Crippen MR) is 63.1 cm³/mol. The highest BCUT2D eigenvalue weighted by molar-refractivity contribution is 9.09. The molecule has 7 heteroatoms. The highest BCUT2D eigenvalue weighted by Gasteiger charge is 2.29. The summed E-state index contributed by atoms with van der Waals surface area (Å²) in [5, 5.41) is 19.1. The summed E-state index contributed by atoms with van der Waals surface area (Å²) < 4.78 is 36.2. The zero-order valence-corrected chi connectivity index (χ0v) is 10.9. The van der Waals surface area contributed by atoms with Crippen molar-refractivity contribution >= 4 is 27.7 Å². The first-order valence-electron chi connectivity index (χ1n) is 4.61. The van der Waals surface area contributed by atoms with Gasteiger partial charge in [0.25, 0.3) is 0 Å². The standard InChI is InChI=1S/C10H10BrF3O2S/c11-5-8(15)9(16)6-1-3-7(4-2-6)17-10(12,13)14/h1-4,8-9,15-16H,5H2. The highest BCUT2D eigenvalue weighted by atomic mass is 79.9. The second-order valence-electron chi connectivity index (χ2n) is 3.28. The van der Waals surface area contributed by atoms with E-state index in [0.29, 0.717) is 5.56 Å². The quantitative estimate of drug-likeness (QED) is 0.658. The van der Waals surface area contributed by atoms with E-state index in [1.807, 2.05) is 0 Å². The zero-order chi connectivity index (χ0) is 13.1. The van der Waals surface area contributed by atoms with Crippen molar-refractivity contribution in [1.29, 1.82) is 0 Å². The van der Waals surface area contributed by atoms with E-state index in [-0.39, 0.29) is 22.0 Å². The Labute approximate surface area is 109 Å². The summed E-state index contributed by atoms with van der Waals surface area (Å²) in [6.45, 7) is 0. The van der Waals surface area contributed by atoms with Gasteiger partial charge in [0.2, 0.25) is 0 Å². The average molecular weight is 331 g/mol. The van der Waals surface area contributed by atoms with E-state index in [1.54, 1.807) is 0 Å². The van der Waals surface area contributed by atoms with E-state index in [0.717, 1.165) is 0 Å². The van der Waals surface area contributed by atoms with Gasteiger partial charge in [-0.1, -0.05) is 28.1 Å². The average Bonchev–Trinajstić information content (AvgIpc) is 2.26. The molecule has 1 aromatic carbocycles. The van der Waals surface area contributed by atoms with Crippen LogP contribution in [0.3, 0.4) is 0 Å². The number of hydrogen-bond acceptors (Lipinski definition) is 3. The van der Waals surface area contributed by atoms with Crippen LogP contribution in [-0.4, -0.2) is 27.2 Å². The fourth-order valence-corrected chi connectivity index (χ4v) is 2.07. The van der Waals surface area contributed by atoms with Crippen LogP contribution >= 0.6 is 27.7 Å². The smallest absolute Gasteiger partial charge is 0.389 e. The molecular weight excluding hydrogens is 321 g/mol. The van der Waals surface area contributed by atoms with Crippen LogP contribution in [0.1, 0.15) is 11.7 Å². The molecule has 0 saturated heterocycles. The third-order valence-corrected chi connectivity index (χ3v) is 3.38. The van der Waals surface area contributed by atoms with Gasteiger partial charge in [-0.3, -0.25) is 0 Å². The maximum atomic E-state index is 12.1. The fraction of sp³-hybridized carbons (Fsp3) is 0.400. The van der Waals surface area contributed by atoms with Crippen LogP contribution in [0.25, 0.3) is 0 Å². The normalized spacial score (nSPS) is 15.6. The molecule has 1 rings (SSSR count). The molecule has 17 heavy (non-hydrogen) atoms. The maximum Gasteiger partial charge on any atom is 0.446 e. The van der Waals surface area contributed by atoms with Crippen molar-refractivity contribution in [3.8, 4) is 0 Å². The number of rotatable bonds is 4. The van der Waals surface area contributed by atoms with E-state index < -0.39 is 17.7 Å². The van der Waals surface area contributed by atoms with E-state index >= 15 is 0 Å². The van der Waals surface area contributed by atoms with Crippen LogP contribution in [0.2, 0.25) is 0 Å². The molecular formula is C10H10BrF3O2S. The first-order valence-corrected chi connectivity index (χ1v) is 6.55. The Morgan fingerprint density at radius 1 is 1.18 bits per heavy atom. The van der Waals surface area contributed by atoms with Crippen LogP contribution < -0.4 is 0 Å². The summed E-state index contributed by atoms with van der Waals surface area (Å²) in [6.07, 6.45) is -2.10. The molecule has 96 valence electrons. The molecule has 0 aliphatic carbocycles. The number of thioether (sulfide) groups is 1. The SMILES string of the molecule is OC(CBr)C(O)c1ccc(SC(F)(F)F)cc1. The van der Waals surface area contributed by atoms with E-state index in [9.17, 15) is 23.4 Å². The predicted octanol–water partition coefficient (Wildman–Crippen LogP) is 3.09. The van der Waals surface area contributed by atoms with Crippen LogP contribution in [0.15, 0.2) is 29.2 Å². The lowest BCUT2D eigenvalue weighted by atomic mass is 10.1. The molecule has 0 radical (unpaired) electrons. The van der Waals surface area contributed by atoms with Crippen molar-refractivity contribution in [2.24, 2.45) is 0 Å². The Bertz CT molecular complexity index is 356. The first kappa shape index (κ1) is 14.8. The lowest BCUT2D eigenvalue weighted by Crippen LogP contribution is -2.19. The summed E-state index contributed by atoms with van der Waals surface area (Å²) in [7, 11) is 0. The van der Waals surface area contributed by atoms with Gasteiger partial charge < -0.3 is 10.2 Å². The van der Waals surface area contributed by atoms with Crippen molar-refractivity contribution in [3.05, 3.63) is 29.8 Å². The van der Waals surface area contributed by atoms with Gasteiger partial charge in [-0.2, -0.15) is 13.2 Å². The molecule has 0 aliphatic rings. The molecule has 2 N–H and O–H groups in total. The van der Waals surface area contributed by atoms with Crippen molar-refractivity contribution in [2.75, 3.05) is 5.33 Å². The maximum absolute atomic E-state index is 12.1. The largest absolute Gasteiger partial charge is 0.446 e. The van der Waals surface area contributed by atoms with Crippen LogP contribution in [0.5, 0.6) is 0 Å². The van der Waals surface area contributed by atoms with E-state index in [4.69, 9.17) is 0 Å². The number of aliphatic hydroxyl groups is 2. The summed E-state index contributed by atoms with van der Waals surface area (Å²) in [6, 6.07) is 5.25. The van der Waals surface area contributed by atoms with Crippen molar-refractivity contribution in [3.63, 3.8) is 0 Å². The molecule has 0 aliphatic heterocycles. The third-order valence-electron chi connectivity index (χ3n) is 1.98. The molecule has 2 atom stereocenters. The van der Waals surface area contributed by atoms with Gasteiger partial charge in [0.1, 0.15) is 6.10 Å². The second-order valence-corrected chi connectivity index (χ2v) is 5.07. The van der Waals surface area contributed by atoms with Crippen molar-refractivity contribution < 1.29 is 23.4 Å². The minimum atomic E-state index is -4.32. The number of aliphatic hydroxyl groups excluding tert-OH is 2. The van der Waals surface area contributed by atoms with Gasteiger partial charge in [0.05, 0.1) is 6.10 Å². The Hall–Kier alpha value is -0.240. The summed E-state index contributed by atoms with van der Waals surface area (Å²) in [5.41, 5.74) is -3.95. The Kier molecular flexibility index (Phi) is 5.30. The molecule has 0 spiro atoms. The molecule has 2 nitrogen and oxygen atoms in total. The summed E-state index contributed by atoms with van der Waals surface area (Å²) >= 11 is 2.79. The zero-order valence-electron chi connectivity index (χ0n) is 8.49. The number of benzene rings is 1. The number of hydrogen-bond donors (Lipinski definition) is 2. The fourth-order valence-electron chi connectivity index (χ4n) is 1.17. The molecule has 2 unspecified atom stereocenters. The first-order chi connectivity index (χ1) is 7.83. The third kappa shape index (κ3) is 4.87. The minimum Gasteiger partial charge on any atom is -0.389 e. The second kappa shape index (κ2) is 6.08. The highest BCUT2D eigenvalue weighted by Crippen LogP contribution is 2.37. The Morgan fingerprint density at radius 3 is 2.12 bits per heavy atom. The lowest BCUT2D eigenvalue weighted by Gasteiger charge is -2.16. The van der Waals surface area contributed by atoms with E-state index in [1.165, 1.54) is 24.3 Å². The van der Waals surface area contributed by atoms with Gasteiger partial charge in [0.15, 0.2) is 0 Å². The molecule has 0 heterocycles. The minimum absolute atomic E-state index is 0.0433. The molecule has 0 saturated carbocycles. The Balaban J connectivity index is 2.74. The van der Waals surface area contributed by atoms with E-state index in [2.05, 4.69) is 15.9 Å².